The molecular weight excluding hydrogens is 305 g/mol. The highest BCUT2D eigenvalue weighted by Crippen LogP contribution is 2.22. The van der Waals surface area contributed by atoms with E-state index in [-0.39, 0.29) is 12.2 Å². The summed E-state index contributed by atoms with van der Waals surface area (Å²) in [6.07, 6.45) is -5.96. The highest BCUT2D eigenvalue weighted by molar-refractivity contribution is 7.92. The fourth-order valence-electron chi connectivity index (χ4n) is 1.51. The van der Waals surface area contributed by atoms with Gasteiger partial charge < -0.3 is 5.73 Å². The fraction of sp³-hybridized carbons (Fsp3) is 0.385. The van der Waals surface area contributed by atoms with Gasteiger partial charge in [-0.1, -0.05) is 17.9 Å². The molecule has 1 rings (SSSR count). The Morgan fingerprint density at radius 3 is 2.62 bits per heavy atom. The molecule has 0 spiro atoms. The van der Waals surface area contributed by atoms with Gasteiger partial charge in [0.2, 0.25) is 10.0 Å². The minimum Gasteiger partial charge on any atom is -0.320 e. The second kappa shape index (κ2) is 7.33. The van der Waals surface area contributed by atoms with Gasteiger partial charge in [-0.3, -0.25) is 4.72 Å². The van der Waals surface area contributed by atoms with Crippen molar-refractivity contribution in [2.75, 3.05) is 17.0 Å². The van der Waals surface area contributed by atoms with Crippen LogP contribution in [0.15, 0.2) is 24.3 Å². The number of hydrogen-bond donors (Lipinski definition) is 2. The maximum absolute atomic E-state index is 12.0. The third-order valence-corrected chi connectivity index (χ3v) is 3.72. The third-order valence-electron chi connectivity index (χ3n) is 2.34. The van der Waals surface area contributed by atoms with E-state index in [1.165, 1.54) is 12.1 Å². The predicted molar refractivity (Wildman–Crippen MR) is 75.1 cm³/mol. The topological polar surface area (TPSA) is 72.2 Å². The van der Waals surface area contributed by atoms with Crippen LogP contribution in [0.3, 0.4) is 0 Å². The Hall–Kier alpha value is -1.72. The van der Waals surface area contributed by atoms with Gasteiger partial charge >= 0.3 is 6.18 Å². The van der Waals surface area contributed by atoms with Crippen LogP contribution in [0.2, 0.25) is 0 Å². The lowest BCUT2D eigenvalue weighted by Gasteiger charge is -2.09. The van der Waals surface area contributed by atoms with Gasteiger partial charge in [0, 0.05) is 17.7 Å². The van der Waals surface area contributed by atoms with Gasteiger partial charge in [0.05, 0.1) is 12.3 Å². The Morgan fingerprint density at radius 2 is 2.00 bits per heavy atom. The van der Waals surface area contributed by atoms with Gasteiger partial charge in [-0.25, -0.2) is 8.42 Å². The van der Waals surface area contributed by atoms with E-state index in [4.69, 9.17) is 5.73 Å². The molecule has 0 heterocycles. The van der Waals surface area contributed by atoms with E-state index >= 15 is 0 Å². The monoisotopic (exact) mass is 320 g/mol. The minimum absolute atomic E-state index is 0.174. The summed E-state index contributed by atoms with van der Waals surface area (Å²) in [5.41, 5.74) is 6.05. The zero-order valence-electron chi connectivity index (χ0n) is 11.1. The molecule has 0 saturated carbocycles. The molecule has 0 bridgehead atoms. The normalized spacial score (nSPS) is 11.6. The Balaban J connectivity index is 2.67. The highest BCUT2D eigenvalue weighted by atomic mass is 32.2. The molecule has 4 nitrogen and oxygen atoms in total. The molecule has 0 unspecified atom stereocenters. The molecule has 0 saturated heterocycles. The van der Waals surface area contributed by atoms with Crippen LogP contribution in [0.4, 0.5) is 18.9 Å². The minimum atomic E-state index is -4.35. The maximum atomic E-state index is 12.0. The standard InChI is InChI=1S/C13H15F3N2O2S/c14-13(15,16)7-3-9-21(19,20)18-12-6-1-4-11(10-12)5-2-8-17/h1,4,6,10,18H,3,7-9,17H2. The van der Waals surface area contributed by atoms with E-state index in [1.807, 2.05) is 0 Å². The predicted octanol–water partition coefficient (Wildman–Crippen LogP) is 2.08. The molecule has 0 aromatic heterocycles. The number of anilines is 1. The number of rotatable bonds is 5. The molecule has 0 aliphatic rings. The van der Waals surface area contributed by atoms with Gasteiger partial charge in [0.1, 0.15) is 0 Å². The number of nitrogens with one attached hydrogen (secondary N) is 1. The van der Waals surface area contributed by atoms with E-state index in [9.17, 15) is 21.6 Å². The summed E-state index contributed by atoms with van der Waals surface area (Å²) in [7, 11) is -3.82. The molecule has 21 heavy (non-hydrogen) atoms. The summed E-state index contributed by atoms with van der Waals surface area (Å²) < 4.78 is 61.5. The molecule has 3 N–H and O–H groups in total. The SMILES string of the molecule is NCC#Cc1cccc(NS(=O)(=O)CCCC(F)(F)F)c1. The van der Waals surface area contributed by atoms with Crippen LogP contribution in [-0.2, 0) is 10.0 Å². The first kappa shape index (κ1) is 17.3. The average molecular weight is 320 g/mol. The quantitative estimate of drug-likeness (QED) is 0.816. The van der Waals surface area contributed by atoms with E-state index < -0.39 is 34.8 Å². The molecular formula is C13H15F3N2O2S. The van der Waals surface area contributed by atoms with Crippen molar-refractivity contribution >= 4 is 15.7 Å². The molecule has 0 radical (unpaired) electrons. The van der Waals surface area contributed by atoms with E-state index in [2.05, 4.69) is 16.6 Å². The Bertz CT molecular complexity index is 631. The first-order valence-electron chi connectivity index (χ1n) is 6.08. The van der Waals surface area contributed by atoms with Crippen LogP contribution in [-0.4, -0.2) is 26.9 Å². The van der Waals surface area contributed by atoms with Crippen molar-refractivity contribution in [3.63, 3.8) is 0 Å². The lowest BCUT2D eigenvalue weighted by molar-refractivity contribution is -0.134. The van der Waals surface area contributed by atoms with Crippen LogP contribution in [0.25, 0.3) is 0 Å². The largest absolute Gasteiger partial charge is 0.389 e. The summed E-state index contributed by atoms with van der Waals surface area (Å²) in [6, 6.07) is 6.25. The van der Waals surface area contributed by atoms with Gasteiger partial charge in [0.25, 0.3) is 0 Å². The Labute approximate surface area is 121 Å². The lowest BCUT2D eigenvalue weighted by Crippen LogP contribution is -2.18. The lowest BCUT2D eigenvalue weighted by atomic mass is 10.2. The number of sulfonamides is 1. The van der Waals surface area contributed by atoms with Crippen LogP contribution in [0, 0.1) is 11.8 Å². The maximum Gasteiger partial charge on any atom is 0.389 e. The van der Waals surface area contributed by atoms with Crippen molar-refractivity contribution in [2.24, 2.45) is 5.73 Å². The van der Waals surface area contributed by atoms with Gasteiger partial charge in [-0.2, -0.15) is 13.2 Å². The van der Waals surface area contributed by atoms with Crippen molar-refractivity contribution in [3.05, 3.63) is 29.8 Å². The number of nitrogens with two attached hydrogens (primary N) is 1. The van der Waals surface area contributed by atoms with Gasteiger partial charge in [-0.15, -0.1) is 0 Å². The number of hydrogen-bond acceptors (Lipinski definition) is 3. The summed E-state index contributed by atoms with van der Waals surface area (Å²) in [5, 5.41) is 0. The van der Waals surface area contributed by atoms with Crippen molar-refractivity contribution < 1.29 is 21.6 Å². The number of benzene rings is 1. The zero-order chi connectivity index (χ0) is 15.9. The summed E-state index contributed by atoms with van der Waals surface area (Å²) >= 11 is 0. The van der Waals surface area contributed by atoms with Gasteiger partial charge in [-0.05, 0) is 24.6 Å². The number of halogens is 3. The molecule has 0 atom stereocenters. The van der Waals surface area contributed by atoms with Crippen LogP contribution in [0.1, 0.15) is 18.4 Å². The summed E-state index contributed by atoms with van der Waals surface area (Å²) in [6.45, 7) is 0.174. The third kappa shape index (κ3) is 7.58. The zero-order valence-corrected chi connectivity index (χ0v) is 11.9. The van der Waals surface area contributed by atoms with Crippen molar-refractivity contribution in [1.82, 2.24) is 0 Å². The smallest absolute Gasteiger partial charge is 0.320 e. The average Bonchev–Trinajstić information content (AvgIpc) is 2.34. The number of alkyl halides is 3. The van der Waals surface area contributed by atoms with Crippen LogP contribution >= 0.6 is 0 Å². The molecule has 8 heteroatoms. The van der Waals surface area contributed by atoms with Crippen molar-refractivity contribution in [1.29, 1.82) is 0 Å². The second-order valence-corrected chi connectivity index (χ2v) is 6.07. The van der Waals surface area contributed by atoms with Crippen LogP contribution in [0.5, 0.6) is 0 Å². The van der Waals surface area contributed by atoms with Crippen molar-refractivity contribution in [3.8, 4) is 11.8 Å². The second-order valence-electron chi connectivity index (χ2n) is 4.23. The molecule has 0 amide bonds. The summed E-state index contributed by atoms with van der Waals surface area (Å²) in [5.74, 6) is 4.76. The van der Waals surface area contributed by atoms with E-state index in [1.54, 1.807) is 12.1 Å². The van der Waals surface area contributed by atoms with E-state index in [0.29, 0.717) is 5.56 Å². The first-order valence-corrected chi connectivity index (χ1v) is 7.73. The molecule has 0 aliphatic heterocycles. The first-order chi connectivity index (χ1) is 9.72. The summed E-state index contributed by atoms with van der Waals surface area (Å²) in [4.78, 5) is 0. The molecule has 0 aliphatic carbocycles. The fourth-order valence-corrected chi connectivity index (χ4v) is 2.62. The molecule has 1 aromatic rings. The molecule has 0 fully saturated rings. The Morgan fingerprint density at radius 1 is 1.29 bits per heavy atom. The van der Waals surface area contributed by atoms with Gasteiger partial charge in [0.15, 0.2) is 0 Å². The Kier molecular flexibility index (Phi) is 6.05. The molecule has 1 aromatic carbocycles. The van der Waals surface area contributed by atoms with Crippen molar-refractivity contribution in [2.45, 2.75) is 19.0 Å². The highest BCUT2D eigenvalue weighted by Gasteiger charge is 2.27. The van der Waals surface area contributed by atoms with Crippen LogP contribution < -0.4 is 10.5 Å². The van der Waals surface area contributed by atoms with E-state index in [0.717, 1.165) is 0 Å². The molecule has 116 valence electrons.